The molecule has 2 rings (SSSR count). The molecule has 0 saturated carbocycles. The van der Waals surface area contributed by atoms with Gasteiger partial charge >= 0.3 is 0 Å². The van der Waals surface area contributed by atoms with Crippen LogP contribution in [0.25, 0.3) is 0 Å². The summed E-state index contributed by atoms with van der Waals surface area (Å²) in [5.74, 6) is 0.496. The highest BCUT2D eigenvalue weighted by atomic mass is 16.6. The molecular formula is C14H17N3O2. The van der Waals surface area contributed by atoms with Crippen LogP contribution in [0.15, 0.2) is 41.5 Å². The van der Waals surface area contributed by atoms with Gasteiger partial charge in [-0.15, -0.1) is 0 Å². The quantitative estimate of drug-likeness (QED) is 0.387. The Morgan fingerprint density at radius 1 is 1.37 bits per heavy atom. The molecule has 1 aromatic carbocycles. The minimum Gasteiger partial charge on any atom is -0.279 e. The van der Waals surface area contributed by atoms with E-state index in [1.807, 2.05) is 6.92 Å². The second kappa shape index (κ2) is 6.13. The van der Waals surface area contributed by atoms with Gasteiger partial charge in [-0.1, -0.05) is 12.2 Å². The van der Waals surface area contributed by atoms with E-state index in [1.54, 1.807) is 12.1 Å². The highest BCUT2D eigenvalue weighted by molar-refractivity contribution is 5.85. The number of hydrogen-bond acceptors (Lipinski definition) is 4. The molecule has 0 aliphatic heterocycles. The summed E-state index contributed by atoms with van der Waals surface area (Å²) in [7, 11) is 0. The molecule has 5 nitrogen and oxygen atoms in total. The summed E-state index contributed by atoms with van der Waals surface area (Å²) < 4.78 is 0. The average molecular weight is 259 g/mol. The molecule has 5 heteroatoms. The van der Waals surface area contributed by atoms with Crippen LogP contribution in [0.2, 0.25) is 0 Å². The predicted molar refractivity (Wildman–Crippen MR) is 76.3 cm³/mol. The second-order valence-corrected chi connectivity index (χ2v) is 4.65. The van der Waals surface area contributed by atoms with E-state index < -0.39 is 4.92 Å². The highest BCUT2D eigenvalue weighted by Gasteiger charge is 2.12. The van der Waals surface area contributed by atoms with Crippen LogP contribution in [-0.2, 0) is 0 Å². The third kappa shape index (κ3) is 3.64. The summed E-state index contributed by atoms with van der Waals surface area (Å²) in [6, 6.07) is 6.26. The Labute approximate surface area is 112 Å². The lowest BCUT2D eigenvalue weighted by molar-refractivity contribution is -0.384. The second-order valence-electron chi connectivity index (χ2n) is 4.65. The number of anilines is 1. The summed E-state index contributed by atoms with van der Waals surface area (Å²) in [5, 5.41) is 14.9. The van der Waals surface area contributed by atoms with Crippen LogP contribution in [0.5, 0.6) is 0 Å². The molecule has 0 spiro atoms. The number of hydrazone groups is 1. The van der Waals surface area contributed by atoms with Gasteiger partial charge in [-0.2, -0.15) is 5.10 Å². The number of rotatable bonds is 4. The van der Waals surface area contributed by atoms with Gasteiger partial charge in [0.25, 0.3) is 5.69 Å². The lowest BCUT2D eigenvalue weighted by Crippen LogP contribution is -2.14. The number of hydrogen-bond donors (Lipinski definition) is 1. The van der Waals surface area contributed by atoms with Crippen LogP contribution < -0.4 is 5.43 Å². The van der Waals surface area contributed by atoms with Crippen LogP contribution in [-0.4, -0.2) is 10.6 Å². The molecule has 1 atom stereocenters. The Kier molecular flexibility index (Phi) is 4.28. The lowest BCUT2D eigenvalue weighted by atomic mass is 9.91. The van der Waals surface area contributed by atoms with Crippen molar-refractivity contribution in [2.24, 2.45) is 11.0 Å². The summed E-state index contributed by atoms with van der Waals surface area (Å²) in [4.78, 5) is 10.1. The highest BCUT2D eigenvalue weighted by Crippen LogP contribution is 2.20. The number of nitrogens with one attached hydrogen (secondary N) is 1. The van der Waals surface area contributed by atoms with Crippen LogP contribution in [0.3, 0.4) is 0 Å². The molecule has 0 bridgehead atoms. The van der Waals surface area contributed by atoms with Gasteiger partial charge in [0.2, 0.25) is 0 Å². The average Bonchev–Trinajstić information content (AvgIpc) is 2.46. The zero-order valence-electron chi connectivity index (χ0n) is 10.9. The molecule has 0 amide bonds. The van der Waals surface area contributed by atoms with Gasteiger partial charge in [0.1, 0.15) is 0 Å². The van der Waals surface area contributed by atoms with Gasteiger partial charge in [0.15, 0.2) is 0 Å². The van der Waals surface area contributed by atoms with E-state index in [0.29, 0.717) is 5.92 Å². The van der Waals surface area contributed by atoms with Crippen molar-refractivity contribution in [2.45, 2.75) is 26.2 Å². The number of benzene rings is 1. The minimum absolute atomic E-state index is 0.0867. The number of nitrogens with zero attached hydrogens (tertiary/aromatic N) is 2. The predicted octanol–water partition coefficient (Wildman–Crippen LogP) is 3.74. The molecule has 0 heterocycles. The Bertz CT molecular complexity index is 506. The molecular weight excluding hydrogens is 242 g/mol. The normalized spacial score (nSPS) is 19.2. The molecule has 1 unspecified atom stereocenters. The van der Waals surface area contributed by atoms with E-state index >= 15 is 0 Å². The van der Waals surface area contributed by atoms with E-state index in [4.69, 9.17) is 0 Å². The van der Waals surface area contributed by atoms with Crippen molar-refractivity contribution >= 4 is 17.1 Å². The van der Waals surface area contributed by atoms with Gasteiger partial charge in [0.05, 0.1) is 10.6 Å². The smallest absolute Gasteiger partial charge is 0.269 e. The summed E-state index contributed by atoms with van der Waals surface area (Å²) in [5.41, 5.74) is 4.87. The first-order valence-corrected chi connectivity index (χ1v) is 6.36. The Morgan fingerprint density at radius 2 is 2.11 bits per heavy atom. The van der Waals surface area contributed by atoms with Gasteiger partial charge in [-0.05, 0) is 38.3 Å². The summed E-state index contributed by atoms with van der Waals surface area (Å²) in [6.45, 7) is 2.02. The van der Waals surface area contributed by atoms with Gasteiger partial charge in [-0.3, -0.25) is 15.5 Å². The van der Waals surface area contributed by atoms with Gasteiger partial charge in [0, 0.05) is 23.8 Å². The van der Waals surface area contributed by atoms with Crippen LogP contribution >= 0.6 is 0 Å². The molecule has 100 valence electrons. The fourth-order valence-electron chi connectivity index (χ4n) is 2.07. The van der Waals surface area contributed by atoms with Crippen molar-refractivity contribution in [1.29, 1.82) is 0 Å². The molecule has 1 aliphatic rings. The lowest BCUT2D eigenvalue weighted by Gasteiger charge is -2.17. The van der Waals surface area contributed by atoms with Gasteiger partial charge < -0.3 is 0 Å². The molecule has 1 aromatic rings. The molecule has 0 aromatic heterocycles. The van der Waals surface area contributed by atoms with E-state index in [2.05, 4.69) is 22.7 Å². The maximum atomic E-state index is 10.5. The van der Waals surface area contributed by atoms with Crippen LogP contribution in [0.1, 0.15) is 26.2 Å². The Morgan fingerprint density at radius 3 is 2.68 bits per heavy atom. The van der Waals surface area contributed by atoms with Crippen molar-refractivity contribution in [3.8, 4) is 0 Å². The minimum atomic E-state index is -0.410. The van der Waals surface area contributed by atoms with E-state index in [-0.39, 0.29) is 5.69 Å². The molecule has 1 N–H and O–H groups in total. The largest absolute Gasteiger partial charge is 0.279 e. The third-order valence-corrected chi connectivity index (χ3v) is 3.30. The fourth-order valence-corrected chi connectivity index (χ4v) is 2.07. The molecule has 19 heavy (non-hydrogen) atoms. The topological polar surface area (TPSA) is 67.5 Å². The zero-order valence-corrected chi connectivity index (χ0v) is 10.9. The van der Waals surface area contributed by atoms with Crippen molar-refractivity contribution < 1.29 is 4.92 Å². The monoisotopic (exact) mass is 259 g/mol. The summed E-state index contributed by atoms with van der Waals surface area (Å²) >= 11 is 0. The van der Waals surface area contributed by atoms with Gasteiger partial charge in [-0.25, -0.2) is 0 Å². The number of non-ortho nitro benzene ring substituents is 1. The third-order valence-electron chi connectivity index (χ3n) is 3.30. The van der Waals surface area contributed by atoms with Crippen molar-refractivity contribution in [3.63, 3.8) is 0 Å². The first kappa shape index (κ1) is 13.3. The van der Waals surface area contributed by atoms with Crippen LogP contribution in [0, 0.1) is 16.0 Å². The molecule has 1 aliphatic carbocycles. The summed E-state index contributed by atoms with van der Waals surface area (Å²) in [6.07, 6.45) is 7.67. The van der Waals surface area contributed by atoms with E-state index in [1.165, 1.54) is 12.1 Å². The number of allylic oxidation sites excluding steroid dienone is 2. The van der Waals surface area contributed by atoms with E-state index in [0.717, 1.165) is 30.7 Å². The van der Waals surface area contributed by atoms with E-state index in [9.17, 15) is 10.1 Å². The van der Waals surface area contributed by atoms with Crippen LogP contribution in [0.4, 0.5) is 11.4 Å². The first-order chi connectivity index (χ1) is 9.16. The Balaban J connectivity index is 1.97. The van der Waals surface area contributed by atoms with Crippen molar-refractivity contribution in [3.05, 3.63) is 46.5 Å². The fraction of sp³-hybridized carbons (Fsp3) is 0.357. The van der Waals surface area contributed by atoms with Crippen molar-refractivity contribution in [2.75, 3.05) is 5.43 Å². The molecule has 0 saturated heterocycles. The number of nitro groups is 1. The standard InChI is InChI=1S/C14H17N3O2/c1-11(12-5-3-2-4-6-12)15-16-13-7-9-14(10-8-13)17(18)19/h2-3,7-10,12,16H,4-6H2,1H3. The Hall–Kier alpha value is -2.17. The maximum absolute atomic E-state index is 10.5. The number of nitro benzene ring substituents is 1. The zero-order chi connectivity index (χ0) is 13.7. The SMILES string of the molecule is CC(=NNc1ccc([N+](=O)[O-])cc1)C1CC=CCC1. The maximum Gasteiger partial charge on any atom is 0.269 e. The molecule has 0 radical (unpaired) electrons. The first-order valence-electron chi connectivity index (χ1n) is 6.36. The molecule has 0 fully saturated rings. The van der Waals surface area contributed by atoms with Crippen molar-refractivity contribution in [1.82, 2.24) is 0 Å².